The molecule has 2 amide bonds. The van der Waals surface area contributed by atoms with E-state index >= 15 is 0 Å². The molecule has 8 nitrogen and oxygen atoms in total. The van der Waals surface area contributed by atoms with Gasteiger partial charge < -0.3 is 15.4 Å². The van der Waals surface area contributed by atoms with E-state index in [1.165, 1.54) is 12.4 Å². The van der Waals surface area contributed by atoms with Gasteiger partial charge in [-0.05, 0) is 36.7 Å². The number of anilines is 1. The molecule has 0 aromatic carbocycles. The third-order valence-corrected chi connectivity index (χ3v) is 3.39. The predicted octanol–water partition coefficient (Wildman–Crippen LogP) is 2.31. The van der Waals surface area contributed by atoms with Crippen molar-refractivity contribution in [3.63, 3.8) is 0 Å². The van der Waals surface area contributed by atoms with Crippen molar-refractivity contribution in [2.24, 2.45) is 4.99 Å². The Morgan fingerprint density at radius 1 is 1.38 bits per heavy atom. The standard InChI is InChI=1S/C15H20BrN5O3/c1-15(2,3)24-14(23)19-10-4-9(5-10)18-8-13(22)21-12-7-17-6-11(16)20-12/h6-7,10H,4-5,8H2,1-3H3,(H,19,23)(H,20,21,22). The number of carbonyl (C=O) groups is 2. The lowest BCUT2D eigenvalue weighted by Gasteiger charge is -2.30. The fraction of sp³-hybridized carbons (Fsp3) is 0.533. The average molecular weight is 398 g/mol. The number of carbonyl (C=O) groups excluding carboxylic acids is 2. The molecule has 24 heavy (non-hydrogen) atoms. The highest BCUT2D eigenvalue weighted by atomic mass is 79.9. The lowest BCUT2D eigenvalue weighted by Crippen LogP contribution is -2.46. The summed E-state index contributed by atoms with van der Waals surface area (Å²) in [7, 11) is 0. The molecule has 2 N–H and O–H groups in total. The number of rotatable bonds is 4. The van der Waals surface area contributed by atoms with Crippen LogP contribution in [0.1, 0.15) is 33.6 Å². The maximum atomic E-state index is 11.8. The topological polar surface area (TPSA) is 106 Å². The van der Waals surface area contributed by atoms with Crippen molar-refractivity contribution < 1.29 is 14.3 Å². The third-order valence-electron chi connectivity index (χ3n) is 3.00. The van der Waals surface area contributed by atoms with Crippen molar-refractivity contribution >= 4 is 39.5 Å². The van der Waals surface area contributed by atoms with E-state index in [2.05, 4.69) is 41.5 Å². The van der Waals surface area contributed by atoms with Crippen molar-refractivity contribution in [3.8, 4) is 0 Å². The first-order chi connectivity index (χ1) is 11.2. The summed E-state index contributed by atoms with van der Waals surface area (Å²) in [5.74, 6) is 0.103. The van der Waals surface area contributed by atoms with Crippen LogP contribution in [0.5, 0.6) is 0 Å². The van der Waals surface area contributed by atoms with Gasteiger partial charge in [-0.3, -0.25) is 14.8 Å². The van der Waals surface area contributed by atoms with Crippen LogP contribution in [0.15, 0.2) is 22.0 Å². The molecule has 0 atom stereocenters. The van der Waals surface area contributed by atoms with Crippen LogP contribution in [-0.4, -0.2) is 45.9 Å². The van der Waals surface area contributed by atoms with Crippen molar-refractivity contribution in [2.75, 3.05) is 11.9 Å². The molecule has 1 saturated carbocycles. The van der Waals surface area contributed by atoms with Gasteiger partial charge in [0.05, 0.1) is 12.4 Å². The number of nitrogens with one attached hydrogen (secondary N) is 2. The Labute approximate surface area is 148 Å². The van der Waals surface area contributed by atoms with Crippen LogP contribution in [0.25, 0.3) is 0 Å². The smallest absolute Gasteiger partial charge is 0.407 e. The van der Waals surface area contributed by atoms with E-state index in [0.717, 1.165) is 5.71 Å². The van der Waals surface area contributed by atoms with Crippen LogP contribution in [0.2, 0.25) is 0 Å². The lowest BCUT2D eigenvalue weighted by atomic mass is 9.90. The SMILES string of the molecule is CC(C)(C)OC(=O)NC1CC(=NCC(=O)Nc2cncc(Br)n2)C1. The molecule has 1 aliphatic carbocycles. The molecule has 1 aliphatic rings. The molecule has 0 aliphatic heterocycles. The van der Waals surface area contributed by atoms with Gasteiger partial charge in [0.2, 0.25) is 5.91 Å². The quantitative estimate of drug-likeness (QED) is 0.810. The van der Waals surface area contributed by atoms with E-state index in [1.54, 1.807) is 0 Å². The number of aromatic nitrogens is 2. The summed E-state index contributed by atoms with van der Waals surface area (Å²) < 4.78 is 5.73. The highest BCUT2D eigenvalue weighted by Crippen LogP contribution is 2.17. The molecule has 0 unspecified atom stereocenters. The Balaban J connectivity index is 1.70. The Morgan fingerprint density at radius 2 is 2.08 bits per heavy atom. The summed E-state index contributed by atoms with van der Waals surface area (Å²) in [5, 5.41) is 5.39. The summed E-state index contributed by atoms with van der Waals surface area (Å²) in [6.07, 6.45) is 3.81. The molecule has 2 rings (SSSR count). The second kappa shape index (κ2) is 7.69. The summed E-state index contributed by atoms with van der Waals surface area (Å²) >= 11 is 3.18. The van der Waals surface area contributed by atoms with Crippen molar-refractivity contribution in [1.29, 1.82) is 0 Å². The van der Waals surface area contributed by atoms with Gasteiger partial charge in [-0.2, -0.15) is 0 Å². The molecule has 1 fully saturated rings. The first-order valence-corrected chi connectivity index (χ1v) is 8.30. The fourth-order valence-electron chi connectivity index (χ4n) is 1.98. The van der Waals surface area contributed by atoms with Gasteiger partial charge in [-0.1, -0.05) is 0 Å². The van der Waals surface area contributed by atoms with Crippen molar-refractivity contribution in [3.05, 3.63) is 17.0 Å². The van der Waals surface area contributed by atoms with Crippen LogP contribution in [0.4, 0.5) is 10.6 Å². The molecule has 1 aromatic rings. The third kappa shape index (κ3) is 6.23. The van der Waals surface area contributed by atoms with E-state index in [0.29, 0.717) is 23.3 Å². The first kappa shape index (κ1) is 18.3. The van der Waals surface area contributed by atoms with Gasteiger partial charge >= 0.3 is 6.09 Å². The Morgan fingerprint density at radius 3 is 2.71 bits per heavy atom. The molecular formula is C15H20BrN5O3. The minimum atomic E-state index is -0.516. The average Bonchev–Trinajstić information content (AvgIpc) is 2.39. The Bertz CT molecular complexity index is 649. The number of alkyl carbamates (subject to hydrolysis) is 1. The summed E-state index contributed by atoms with van der Waals surface area (Å²) in [6, 6.07) is 0.0117. The molecule has 0 spiro atoms. The maximum absolute atomic E-state index is 11.8. The zero-order chi connectivity index (χ0) is 17.7. The van der Waals surface area contributed by atoms with Crippen molar-refractivity contribution in [1.82, 2.24) is 15.3 Å². The Kier molecular flexibility index (Phi) is 5.87. The number of hydrogen-bond donors (Lipinski definition) is 2. The molecule has 1 heterocycles. The highest BCUT2D eigenvalue weighted by Gasteiger charge is 2.28. The number of ether oxygens (including phenoxy) is 1. The van der Waals surface area contributed by atoms with Crippen LogP contribution < -0.4 is 10.6 Å². The van der Waals surface area contributed by atoms with E-state index in [1.807, 2.05) is 20.8 Å². The number of amides is 2. The first-order valence-electron chi connectivity index (χ1n) is 7.50. The van der Waals surface area contributed by atoms with Crippen LogP contribution >= 0.6 is 15.9 Å². The van der Waals surface area contributed by atoms with Crippen LogP contribution in [0, 0.1) is 0 Å². The van der Waals surface area contributed by atoms with E-state index in [-0.39, 0.29) is 18.5 Å². The molecular weight excluding hydrogens is 378 g/mol. The highest BCUT2D eigenvalue weighted by molar-refractivity contribution is 9.10. The molecule has 9 heteroatoms. The van der Waals surface area contributed by atoms with Gasteiger partial charge in [0, 0.05) is 24.6 Å². The lowest BCUT2D eigenvalue weighted by molar-refractivity contribution is -0.114. The van der Waals surface area contributed by atoms with Gasteiger partial charge in [-0.15, -0.1) is 0 Å². The monoisotopic (exact) mass is 397 g/mol. The van der Waals surface area contributed by atoms with E-state index in [4.69, 9.17) is 4.74 Å². The zero-order valence-electron chi connectivity index (χ0n) is 13.8. The molecule has 0 radical (unpaired) electrons. The second-order valence-electron chi connectivity index (χ2n) is 6.41. The number of aliphatic imine (C=N–C) groups is 1. The fourth-order valence-corrected chi connectivity index (χ4v) is 2.29. The molecule has 0 bridgehead atoms. The van der Waals surface area contributed by atoms with E-state index in [9.17, 15) is 9.59 Å². The van der Waals surface area contributed by atoms with E-state index < -0.39 is 11.7 Å². The number of nitrogens with zero attached hydrogens (tertiary/aromatic N) is 3. The van der Waals surface area contributed by atoms with Gasteiger partial charge in [0.25, 0.3) is 0 Å². The molecule has 0 saturated heterocycles. The van der Waals surface area contributed by atoms with Gasteiger partial charge in [0.1, 0.15) is 16.7 Å². The predicted molar refractivity (Wildman–Crippen MR) is 93.1 cm³/mol. The normalized spacial score (nSPS) is 16.8. The van der Waals surface area contributed by atoms with Crippen LogP contribution in [0.3, 0.4) is 0 Å². The summed E-state index contributed by atoms with van der Waals surface area (Å²) in [6.45, 7) is 5.46. The summed E-state index contributed by atoms with van der Waals surface area (Å²) in [5.41, 5.74) is 0.379. The minimum absolute atomic E-state index is 0.0117. The second-order valence-corrected chi connectivity index (χ2v) is 7.22. The van der Waals surface area contributed by atoms with Gasteiger partial charge in [0.15, 0.2) is 5.82 Å². The number of halogens is 1. The van der Waals surface area contributed by atoms with Crippen molar-refractivity contribution in [2.45, 2.75) is 45.3 Å². The molecule has 1 aromatic heterocycles. The maximum Gasteiger partial charge on any atom is 0.407 e. The minimum Gasteiger partial charge on any atom is -0.444 e. The molecule has 130 valence electrons. The van der Waals surface area contributed by atoms with Gasteiger partial charge in [-0.25, -0.2) is 9.78 Å². The Hall–Kier alpha value is -2.03. The summed E-state index contributed by atoms with van der Waals surface area (Å²) in [4.78, 5) is 35.6. The van der Waals surface area contributed by atoms with Crippen LogP contribution in [-0.2, 0) is 9.53 Å². The zero-order valence-corrected chi connectivity index (χ0v) is 15.4. The largest absolute Gasteiger partial charge is 0.444 e. The number of hydrogen-bond acceptors (Lipinski definition) is 6.